The van der Waals surface area contributed by atoms with Crippen LogP contribution in [0.15, 0.2) is 84.3 Å². The van der Waals surface area contributed by atoms with Gasteiger partial charge in [0.2, 0.25) is 0 Å². The lowest BCUT2D eigenvalue weighted by molar-refractivity contribution is 0.576. The molecule has 38 heavy (non-hydrogen) atoms. The zero-order valence-electron chi connectivity index (χ0n) is 20.9. The SMILES string of the molecule is CC[C@@H](Nc1c(C#N)cnc2c(Cl)cc(NC(C3=C(C)NNN3)c3ccccc3Cl)cc12)c1ccccc1. The summed E-state index contributed by atoms with van der Waals surface area (Å²) in [7, 11) is 0. The van der Waals surface area contributed by atoms with Gasteiger partial charge in [0.1, 0.15) is 6.07 Å². The van der Waals surface area contributed by atoms with Crippen LogP contribution in [-0.2, 0) is 0 Å². The second-order valence-corrected chi connectivity index (χ2v) is 9.86. The minimum Gasteiger partial charge on any atom is -0.377 e. The van der Waals surface area contributed by atoms with E-state index in [0.29, 0.717) is 26.8 Å². The lowest BCUT2D eigenvalue weighted by Crippen LogP contribution is -2.34. The standard InChI is InChI=1S/C29H27Cl2N7/c1-3-25(18-9-5-4-6-10-18)35-27-19(15-32)16-33-28-22(27)13-20(14-24(28)31)34-29(26-17(2)36-38-37-26)21-11-7-8-12-23(21)30/h4-14,16,25,29,34,36-38H,3H2,1-2H3,(H,33,35)/t25-,29?/m1/s1. The maximum Gasteiger partial charge on any atom is 0.103 e. The van der Waals surface area contributed by atoms with E-state index in [2.05, 4.69) is 57.1 Å². The van der Waals surface area contributed by atoms with Gasteiger partial charge in [-0.1, -0.05) is 78.7 Å². The number of rotatable bonds is 8. The molecular weight excluding hydrogens is 517 g/mol. The summed E-state index contributed by atoms with van der Waals surface area (Å²) in [5.41, 5.74) is 15.6. The van der Waals surface area contributed by atoms with E-state index in [1.54, 1.807) is 6.20 Å². The summed E-state index contributed by atoms with van der Waals surface area (Å²) in [6.45, 7) is 4.09. The van der Waals surface area contributed by atoms with E-state index in [0.717, 1.165) is 40.0 Å². The van der Waals surface area contributed by atoms with Gasteiger partial charge in [0.05, 0.1) is 39.6 Å². The molecule has 1 unspecified atom stereocenters. The maximum absolute atomic E-state index is 9.95. The molecule has 5 N–H and O–H groups in total. The number of allylic oxidation sites excluding steroid dienone is 1. The summed E-state index contributed by atoms with van der Waals surface area (Å²) in [4.78, 5) is 4.52. The van der Waals surface area contributed by atoms with Gasteiger partial charge in [-0.2, -0.15) is 10.8 Å². The molecule has 5 rings (SSSR count). The molecule has 1 aliphatic heterocycles. The molecule has 0 amide bonds. The van der Waals surface area contributed by atoms with Gasteiger partial charge in [0, 0.05) is 28.0 Å². The summed E-state index contributed by atoms with van der Waals surface area (Å²) in [5, 5.41) is 19.0. The fraction of sp³-hybridized carbons (Fsp3) is 0.172. The van der Waals surface area contributed by atoms with Gasteiger partial charge in [-0.15, -0.1) is 0 Å². The van der Waals surface area contributed by atoms with E-state index in [4.69, 9.17) is 23.2 Å². The molecule has 1 aliphatic rings. The summed E-state index contributed by atoms with van der Waals surface area (Å²) in [6.07, 6.45) is 2.40. The quantitative estimate of drug-likeness (QED) is 0.163. The molecule has 1 aromatic heterocycles. The van der Waals surface area contributed by atoms with Crippen molar-refractivity contribution in [2.24, 2.45) is 0 Å². The van der Waals surface area contributed by atoms with E-state index in [1.165, 1.54) is 0 Å². The van der Waals surface area contributed by atoms with Crippen LogP contribution in [0.2, 0.25) is 10.0 Å². The van der Waals surface area contributed by atoms with Crippen LogP contribution in [0.5, 0.6) is 0 Å². The highest BCUT2D eigenvalue weighted by molar-refractivity contribution is 6.36. The Kier molecular flexibility index (Phi) is 7.57. The van der Waals surface area contributed by atoms with Crippen LogP contribution >= 0.6 is 23.2 Å². The van der Waals surface area contributed by atoms with Gasteiger partial charge in [-0.25, -0.2) is 0 Å². The van der Waals surface area contributed by atoms with E-state index in [1.807, 2.05) is 61.5 Å². The average molecular weight is 544 g/mol. The van der Waals surface area contributed by atoms with Crippen molar-refractivity contribution in [1.29, 1.82) is 5.26 Å². The summed E-state index contributed by atoms with van der Waals surface area (Å²) in [6, 6.07) is 23.7. The number of nitrogens with zero attached hydrogens (tertiary/aromatic N) is 2. The van der Waals surface area contributed by atoms with E-state index in [-0.39, 0.29) is 12.1 Å². The number of hydrogen-bond acceptors (Lipinski definition) is 7. The van der Waals surface area contributed by atoms with Gasteiger partial charge >= 0.3 is 0 Å². The first-order valence-electron chi connectivity index (χ1n) is 12.3. The Bertz CT molecular complexity index is 1550. The Morgan fingerprint density at radius 3 is 2.42 bits per heavy atom. The van der Waals surface area contributed by atoms with Crippen molar-refractivity contribution >= 4 is 45.5 Å². The third kappa shape index (κ3) is 5.07. The van der Waals surface area contributed by atoms with Gasteiger partial charge in [0.15, 0.2) is 0 Å². The molecule has 192 valence electrons. The average Bonchev–Trinajstić information content (AvgIpc) is 3.36. The number of halogens is 2. The van der Waals surface area contributed by atoms with Crippen molar-refractivity contribution in [2.45, 2.75) is 32.4 Å². The highest BCUT2D eigenvalue weighted by atomic mass is 35.5. The predicted molar refractivity (Wildman–Crippen MR) is 154 cm³/mol. The van der Waals surface area contributed by atoms with Crippen LogP contribution in [0, 0.1) is 11.3 Å². The first-order valence-corrected chi connectivity index (χ1v) is 13.1. The molecule has 0 saturated heterocycles. The number of hydrazine groups is 2. The highest BCUT2D eigenvalue weighted by Crippen LogP contribution is 2.38. The Labute approximate surface area is 231 Å². The second kappa shape index (κ2) is 11.2. The topological polar surface area (TPSA) is 96.8 Å². The molecule has 0 saturated carbocycles. The number of fused-ring (bicyclic) bond motifs is 1. The lowest BCUT2D eigenvalue weighted by atomic mass is 10.0. The third-order valence-corrected chi connectivity index (χ3v) is 7.27. The van der Waals surface area contributed by atoms with E-state index < -0.39 is 0 Å². The fourth-order valence-electron chi connectivity index (χ4n) is 4.69. The first kappa shape index (κ1) is 25.7. The molecule has 7 nitrogen and oxygen atoms in total. The van der Waals surface area contributed by atoms with Crippen molar-refractivity contribution in [3.05, 3.63) is 111 Å². The molecule has 9 heteroatoms. The monoisotopic (exact) mass is 543 g/mol. The molecule has 3 aromatic carbocycles. The number of hydrogen-bond donors (Lipinski definition) is 5. The van der Waals surface area contributed by atoms with Crippen molar-refractivity contribution in [3.8, 4) is 6.07 Å². The summed E-state index contributed by atoms with van der Waals surface area (Å²) >= 11 is 13.4. The maximum atomic E-state index is 9.95. The minimum absolute atomic E-state index is 0.00723. The molecule has 0 spiro atoms. The minimum atomic E-state index is -0.309. The van der Waals surface area contributed by atoms with Crippen molar-refractivity contribution < 1.29 is 0 Å². The Morgan fingerprint density at radius 2 is 1.74 bits per heavy atom. The molecule has 0 aliphatic carbocycles. The zero-order chi connectivity index (χ0) is 26.6. The van der Waals surface area contributed by atoms with Gasteiger partial charge < -0.3 is 21.5 Å². The Balaban J connectivity index is 1.61. The molecular formula is C29H27Cl2N7. The molecule has 0 radical (unpaired) electrons. The number of benzene rings is 3. The first-order chi connectivity index (χ1) is 18.5. The fourth-order valence-corrected chi connectivity index (χ4v) is 5.20. The predicted octanol–water partition coefficient (Wildman–Crippen LogP) is 6.97. The molecule has 0 fully saturated rings. The van der Waals surface area contributed by atoms with Crippen LogP contribution in [-0.4, -0.2) is 4.98 Å². The number of aromatic nitrogens is 1. The molecule has 4 aromatic rings. The number of nitriles is 1. The highest BCUT2D eigenvalue weighted by Gasteiger charge is 2.25. The van der Waals surface area contributed by atoms with Crippen LogP contribution in [0.3, 0.4) is 0 Å². The van der Waals surface area contributed by atoms with Crippen molar-refractivity contribution in [3.63, 3.8) is 0 Å². The van der Waals surface area contributed by atoms with Crippen LogP contribution in [0.1, 0.15) is 49.0 Å². The number of nitrogens with one attached hydrogen (secondary N) is 5. The second-order valence-electron chi connectivity index (χ2n) is 9.04. The molecule has 2 atom stereocenters. The van der Waals surface area contributed by atoms with Gasteiger partial charge in [0.25, 0.3) is 0 Å². The molecule has 0 bridgehead atoms. The lowest BCUT2D eigenvalue weighted by Gasteiger charge is -2.24. The zero-order valence-corrected chi connectivity index (χ0v) is 22.5. The van der Waals surface area contributed by atoms with Gasteiger partial charge in [-0.3, -0.25) is 4.98 Å². The van der Waals surface area contributed by atoms with Crippen molar-refractivity contribution in [2.75, 3.05) is 10.6 Å². The van der Waals surface area contributed by atoms with E-state index >= 15 is 0 Å². The third-order valence-electron chi connectivity index (χ3n) is 6.64. The Hall–Kier alpha value is -3.96. The summed E-state index contributed by atoms with van der Waals surface area (Å²) in [5.74, 6) is 0. The largest absolute Gasteiger partial charge is 0.377 e. The number of pyridine rings is 1. The van der Waals surface area contributed by atoms with E-state index in [9.17, 15) is 5.26 Å². The normalized spacial score (nSPS) is 14.4. The van der Waals surface area contributed by atoms with Crippen LogP contribution in [0.25, 0.3) is 10.9 Å². The number of anilines is 2. The van der Waals surface area contributed by atoms with Crippen molar-refractivity contribution in [1.82, 2.24) is 21.4 Å². The van der Waals surface area contributed by atoms with Gasteiger partial charge in [-0.05, 0) is 42.7 Å². The smallest absolute Gasteiger partial charge is 0.103 e. The molecule has 2 heterocycles. The Morgan fingerprint density at radius 1 is 0.974 bits per heavy atom. The van der Waals surface area contributed by atoms with Crippen LogP contribution in [0.4, 0.5) is 11.4 Å². The summed E-state index contributed by atoms with van der Waals surface area (Å²) < 4.78 is 0. The van der Waals surface area contributed by atoms with Crippen LogP contribution < -0.4 is 27.0 Å².